The lowest BCUT2D eigenvalue weighted by atomic mass is 10.2. The lowest BCUT2D eigenvalue weighted by Crippen LogP contribution is -1.96. The summed E-state index contributed by atoms with van der Waals surface area (Å²) in [6.07, 6.45) is 0.791. The first kappa shape index (κ1) is 11.8. The smallest absolute Gasteiger partial charge is 0.273 e. The molecular formula is C9H10N4O3. The van der Waals surface area contributed by atoms with Crippen molar-refractivity contribution < 1.29 is 9.66 Å². The molecule has 7 nitrogen and oxygen atoms in total. The molecule has 1 aromatic rings. The highest BCUT2D eigenvalue weighted by Crippen LogP contribution is 2.27. The van der Waals surface area contributed by atoms with Crippen LogP contribution in [0.4, 0.5) is 11.4 Å². The van der Waals surface area contributed by atoms with Gasteiger partial charge < -0.3 is 4.74 Å². The average Bonchev–Trinajstić information content (AvgIpc) is 2.26. The maximum Gasteiger partial charge on any atom is 0.273 e. The lowest BCUT2D eigenvalue weighted by Gasteiger charge is -2.04. The second kappa shape index (κ2) is 5.57. The zero-order valence-electron chi connectivity index (χ0n) is 8.66. The number of rotatable bonds is 5. The summed E-state index contributed by atoms with van der Waals surface area (Å²) in [5.74, 6) is 0.332. The molecule has 16 heavy (non-hydrogen) atoms. The summed E-state index contributed by atoms with van der Waals surface area (Å²) in [4.78, 5) is 12.6. The van der Waals surface area contributed by atoms with E-state index < -0.39 is 4.92 Å². The molecule has 1 rings (SSSR count). The predicted molar refractivity (Wildman–Crippen MR) is 57.7 cm³/mol. The maximum atomic E-state index is 10.6. The zero-order chi connectivity index (χ0) is 12.0. The molecule has 0 atom stereocenters. The topological polar surface area (TPSA) is 101 Å². The van der Waals surface area contributed by atoms with Crippen molar-refractivity contribution in [3.05, 3.63) is 38.8 Å². The molecule has 0 radical (unpaired) electrons. The molecule has 7 heteroatoms. The minimum Gasteiger partial charge on any atom is -0.493 e. The molecule has 0 saturated heterocycles. The zero-order valence-corrected chi connectivity index (χ0v) is 8.66. The van der Waals surface area contributed by atoms with Gasteiger partial charge in [0.15, 0.2) is 0 Å². The Hall–Kier alpha value is -2.27. The summed E-state index contributed by atoms with van der Waals surface area (Å²) >= 11 is 0. The van der Waals surface area contributed by atoms with Crippen LogP contribution in [0.3, 0.4) is 0 Å². The molecule has 0 heterocycles. The van der Waals surface area contributed by atoms with Crippen LogP contribution in [-0.2, 0) is 0 Å². The summed E-state index contributed by atoms with van der Waals surface area (Å²) < 4.78 is 5.25. The fraction of sp³-hybridized carbons (Fsp3) is 0.333. The van der Waals surface area contributed by atoms with Gasteiger partial charge in [0, 0.05) is 16.7 Å². The van der Waals surface area contributed by atoms with Crippen LogP contribution in [0.1, 0.15) is 13.3 Å². The third-order valence-corrected chi connectivity index (χ3v) is 1.72. The SMILES string of the molecule is CCCOc1cc(N=[N+]=[N-])cc([N+](=O)[O-])c1. The number of azide groups is 1. The van der Waals surface area contributed by atoms with E-state index in [1.54, 1.807) is 0 Å². The highest BCUT2D eigenvalue weighted by atomic mass is 16.6. The van der Waals surface area contributed by atoms with Crippen LogP contribution in [0.2, 0.25) is 0 Å². The summed E-state index contributed by atoms with van der Waals surface area (Å²) in [6.45, 7) is 2.38. The van der Waals surface area contributed by atoms with E-state index in [-0.39, 0.29) is 11.4 Å². The average molecular weight is 222 g/mol. The Morgan fingerprint density at radius 3 is 2.88 bits per heavy atom. The minimum atomic E-state index is -0.560. The van der Waals surface area contributed by atoms with Crippen LogP contribution in [-0.4, -0.2) is 11.5 Å². The van der Waals surface area contributed by atoms with E-state index in [1.807, 2.05) is 6.92 Å². The van der Waals surface area contributed by atoms with Crippen molar-refractivity contribution >= 4 is 11.4 Å². The third kappa shape index (κ3) is 3.14. The number of benzene rings is 1. The van der Waals surface area contributed by atoms with Crippen LogP contribution >= 0.6 is 0 Å². The number of nitrogens with zero attached hydrogens (tertiary/aromatic N) is 4. The molecule has 84 valence electrons. The Labute approximate surface area is 91.4 Å². The van der Waals surface area contributed by atoms with E-state index in [4.69, 9.17) is 10.3 Å². The van der Waals surface area contributed by atoms with Gasteiger partial charge in [0.2, 0.25) is 0 Å². The Balaban J connectivity index is 3.07. The van der Waals surface area contributed by atoms with E-state index in [0.29, 0.717) is 12.4 Å². The van der Waals surface area contributed by atoms with Gasteiger partial charge in [0.05, 0.1) is 17.6 Å². The van der Waals surface area contributed by atoms with Crippen molar-refractivity contribution in [3.8, 4) is 5.75 Å². The second-order valence-corrected chi connectivity index (χ2v) is 2.98. The molecule has 0 amide bonds. The summed E-state index contributed by atoms with van der Waals surface area (Å²) in [7, 11) is 0. The Morgan fingerprint density at radius 1 is 1.56 bits per heavy atom. The molecule has 0 unspecified atom stereocenters. The van der Waals surface area contributed by atoms with Gasteiger partial charge in [-0.05, 0) is 18.0 Å². The van der Waals surface area contributed by atoms with Gasteiger partial charge in [-0.1, -0.05) is 12.0 Å². The molecule has 0 aromatic heterocycles. The molecule has 0 fully saturated rings. The summed E-state index contributed by atoms with van der Waals surface area (Å²) in [5, 5.41) is 13.9. The highest BCUT2D eigenvalue weighted by Gasteiger charge is 2.09. The first-order valence-corrected chi connectivity index (χ1v) is 4.64. The van der Waals surface area contributed by atoms with Gasteiger partial charge >= 0.3 is 0 Å². The third-order valence-electron chi connectivity index (χ3n) is 1.72. The van der Waals surface area contributed by atoms with Crippen LogP contribution in [0.15, 0.2) is 23.3 Å². The first-order chi connectivity index (χ1) is 7.67. The Morgan fingerprint density at radius 2 is 2.31 bits per heavy atom. The fourth-order valence-corrected chi connectivity index (χ4v) is 1.09. The van der Waals surface area contributed by atoms with Gasteiger partial charge in [-0.3, -0.25) is 10.1 Å². The normalized spacial score (nSPS) is 9.31. The van der Waals surface area contributed by atoms with Crippen LogP contribution in [0.5, 0.6) is 5.75 Å². The quantitative estimate of drug-likeness (QED) is 0.251. The van der Waals surface area contributed by atoms with Crippen molar-refractivity contribution in [2.45, 2.75) is 13.3 Å². The van der Waals surface area contributed by atoms with Gasteiger partial charge in [0.25, 0.3) is 5.69 Å². The molecular weight excluding hydrogens is 212 g/mol. The number of hydrogen-bond donors (Lipinski definition) is 0. The fourth-order valence-electron chi connectivity index (χ4n) is 1.09. The van der Waals surface area contributed by atoms with Gasteiger partial charge in [-0.15, -0.1) is 0 Å². The largest absolute Gasteiger partial charge is 0.493 e. The van der Waals surface area contributed by atoms with Crippen molar-refractivity contribution in [3.63, 3.8) is 0 Å². The molecule has 0 saturated carbocycles. The standard InChI is InChI=1S/C9H10N4O3/c1-2-3-16-9-5-7(11-12-10)4-8(6-9)13(14)15/h4-6H,2-3H2,1H3. The summed E-state index contributed by atoms with van der Waals surface area (Å²) in [6, 6.07) is 3.95. The van der Waals surface area contributed by atoms with Gasteiger partial charge in [-0.2, -0.15) is 0 Å². The number of nitro groups is 1. The van der Waals surface area contributed by atoms with Crippen molar-refractivity contribution in [1.82, 2.24) is 0 Å². The molecule has 1 aromatic carbocycles. The molecule has 0 aliphatic carbocycles. The number of non-ortho nitro benzene ring substituents is 1. The van der Waals surface area contributed by atoms with Crippen molar-refractivity contribution in [2.75, 3.05) is 6.61 Å². The van der Waals surface area contributed by atoms with E-state index >= 15 is 0 Å². The number of hydrogen-bond acceptors (Lipinski definition) is 4. The van der Waals surface area contributed by atoms with E-state index in [1.165, 1.54) is 18.2 Å². The van der Waals surface area contributed by atoms with Crippen molar-refractivity contribution in [2.24, 2.45) is 5.11 Å². The summed E-state index contributed by atoms with van der Waals surface area (Å²) in [5.41, 5.74) is 8.28. The Kier molecular flexibility index (Phi) is 4.11. The molecule has 0 spiro atoms. The minimum absolute atomic E-state index is 0.156. The lowest BCUT2D eigenvalue weighted by molar-refractivity contribution is -0.384. The second-order valence-electron chi connectivity index (χ2n) is 2.98. The Bertz CT molecular complexity index is 420. The molecule has 0 N–H and O–H groups in total. The van der Waals surface area contributed by atoms with E-state index in [9.17, 15) is 10.1 Å². The van der Waals surface area contributed by atoms with Crippen LogP contribution < -0.4 is 4.74 Å². The monoisotopic (exact) mass is 222 g/mol. The van der Waals surface area contributed by atoms with Crippen molar-refractivity contribution in [1.29, 1.82) is 0 Å². The van der Waals surface area contributed by atoms with E-state index in [2.05, 4.69) is 10.0 Å². The molecule has 0 aliphatic heterocycles. The highest BCUT2D eigenvalue weighted by molar-refractivity contribution is 5.52. The molecule has 0 bridgehead atoms. The number of nitro benzene ring substituents is 1. The van der Waals surface area contributed by atoms with E-state index in [0.717, 1.165) is 6.42 Å². The van der Waals surface area contributed by atoms with Crippen LogP contribution in [0.25, 0.3) is 10.4 Å². The first-order valence-electron chi connectivity index (χ1n) is 4.64. The maximum absolute atomic E-state index is 10.6. The van der Waals surface area contributed by atoms with Gasteiger partial charge in [0.1, 0.15) is 5.75 Å². The predicted octanol–water partition coefficient (Wildman–Crippen LogP) is 3.33. The van der Waals surface area contributed by atoms with Gasteiger partial charge in [-0.25, -0.2) is 0 Å². The number of ether oxygens (including phenoxy) is 1. The van der Waals surface area contributed by atoms with Crippen LogP contribution in [0, 0.1) is 10.1 Å². The molecule has 0 aliphatic rings.